The molecule has 4 heterocycles. The van der Waals surface area contributed by atoms with Crippen molar-refractivity contribution in [3.05, 3.63) is 29.6 Å². The van der Waals surface area contributed by atoms with Gasteiger partial charge >= 0.3 is 0 Å². The molecule has 3 aliphatic heterocycles. The number of pyridine rings is 1. The Balaban J connectivity index is 1.32. The van der Waals surface area contributed by atoms with E-state index in [0.717, 1.165) is 70.3 Å². The number of nitrogens with zero attached hydrogens (tertiary/aromatic N) is 5. The van der Waals surface area contributed by atoms with Crippen LogP contribution in [0.3, 0.4) is 0 Å². The molecule has 6 heteroatoms. The van der Waals surface area contributed by atoms with Gasteiger partial charge in [0.05, 0.1) is 5.66 Å². The highest BCUT2D eigenvalue weighted by Gasteiger charge is 2.58. The van der Waals surface area contributed by atoms with E-state index in [1.807, 2.05) is 13.1 Å². The Bertz CT molecular complexity index is 723. The average Bonchev–Trinajstić information content (AvgIpc) is 3.49. The van der Waals surface area contributed by atoms with Crippen molar-refractivity contribution in [1.29, 1.82) is 0 Å². The molecule has 152 valence electrons. The van der Waals surface area contributed by atoms with Gasteiger partial charge in [-0.1, -0.05) is 6.07 Å². The summed E-state index contributed by atoms with van der Waals surface area (Å²) in [5, 5.41) is 0. The number of piperazine rings is 1. The number of aryl methyl sites for hydroxylation is 1. The lowest BCUT2D eigenvalue weighted by molar-refractivity contribution is -0.134. The van der Waals surface area contributed by atoms with Crippen molar-refractivity contribution in [3.8, 4) is 0 Å². The summed E-state index contributed by atoms with van der Waals surface area (Å²) < 4.78 is 0. The number of rotatable bonds is 4. The van der Waals surface area contributed by atoms with Gasteiger partial charge in [-0.15, -0.1) is 0 Å². The lowest BCUT2D eigenvalue weighted by Gasteiger charge is -2.51. The molecule has 28 heavy (non-hydrogen) atoms. The van der Waals surface area contributed by atoms with Crippen LogP contribution in [0.25, 0.3) is 0 Å². The molecular formula is C22H33N5O. The predicted octanol–water partition coefficient (Wildman–Crippen LogP) is 1.55. The Morgan fingerprint density at radius 1 is 1.14 bits per heavy atom. The molecule has 5 rings (SSSR count). The van der Waals surface area contributed by atoms with Crippen molar-refractivity contribution in [2.45, 2.75) is 50.9 Å². The second-order valence-electron chi connectivity index (χ2n) is 9.43. The SMILES string of the molecule is Cc1ccc(CN2CCC3(CC2)N(CC2CC2)C(=O)[C@H]2CN(C)CCN23)cn1. The summed E-state index contributed by atoms with van der Waals surface area (Å²) in [5.74, 6) is 1.14. The highest BCUT2D eigenvalue weighted by Crippen LogP contribution is 2.44. The summed E-state index contributed by atoms with van der Waals surface area (Å²) in [7, 11) is 2.15. The number of aromatic nitrogens is 1. The molecule has 1 aromatic rings. The molecule has 6 nitrogen and oxygen atoms in total. The minimum Gasteiger partial charge on any atom is -0.322 e. The predicted molar refractivity (Wildman–Crippen MR) is 109 cm³/mol. The number of carbonyl (C=O) groups is 1. The van der Waals surface area contributed by atoms with Crippen LogP contribution in [0.2, 0.25) is 0 Å². The quantitative estimate of drug-likeness (QED) is 0.789. The van der Waals surface area contributed by atoms with Crippen LogP contribution >= 0.6 is 0 Å². The zero-order valence-corrected chi connectivity index (χ0v) is 17.3. The summed E-state index contributed by atoms with van der Waals surface area (Å²) in [4.78, 5) is 27.6. The molecule has 0 bridgehead atoms. The van der Waals surface area contributed by atoms with Gasteiger partial charge in [0.2, 0.25) is 5.91 Å². The third-order valence-corrected chi connectivity index (χ3v) is 7.34. The average molecular weight is 384 g/mol. The highest BCUT2D eigenvalue weighted by atomic mass is 16.2. The topological polar surface area (TPSA) is 42.9 Å². The van der Waals surface area contributed by atoms with Crippen molar-refractivity contribution < 1.29 is 4.79 Å². The van der Waals surface area contributed by atoms with Crippen molar-refractivity contribution in [3.63, 3.8) is 0 Å². The minimum absolute atomic E-state index is 0.0341. The van der Waals surface area contributed by atoms with Crippen LogP contribution in [0.4, 0.5) is 0 Å². The number of piperidine rings is 1. The summed E-state index contributed by atoms with van der Waals surface area (Å²) in [6.45, 7) is 9.08. The number of likely N-dealkylation sites (tertiary alicyclic amines) is 1. The first-order valence-electron chi connectivity index (χ1n) is 11.0. The number of likely N-dealkylation sites (N-methyl/N-ethyl adjacent to an activating group) is 1. The van der Waals surface area contributed by atoms with Crippen LogP contribution in [-0.2, 0) is 11.3 Å². The fraction of sp³-hybridized carbons (Fsp3) is 0.727. The third kappa shape index (κ3) is 3.25. The molecule has 3 saturated heterocycles. The van der Waals surface area contributed by atoms with E-state index >= 15 is 0 Å². The monoisotopic (exact) mass is 383 g/mol. The smallest absolute Gasteiger partial charge is 0.242 e. The molecule has 1 atom stereocenters. The summed E-state index contributed by atoms with van der Waals surface area (Å²) >= 11 is 0. The maximum absolute atomic E-state index is 13.4. The van der Waals surface area contributed by atoms with Crippen LogP contribution in [0.5, 0.6) is 0 Å². The fourth-order valence-electron chi connectivity index (χ4n) is 5.46. The van der Waals surface area contributed by atoms with Gasteiger partial charge in [0.25, 0.3) is 0 Å². The van der Waals surface area contributed by atoms with Gasteiger partial charge in [0.15, 0.2) is 0 Å². The third-order valence-electron chi connectivity index (χ3n) is 7.34. The van der Waals surface area contributed by atoms with Crippen molar-refractivity contribution >= 4 is 5.91 Å². The van der Waals surface area contributed by atoms with E-state index in [-0.39, 0.29) is 11.7 Å². The van der Waals surface area contributed by atoms with Gasteiger partial charge in [-0.2, -0.15) is 0 Å². The Morgan fingerprint density at radius 2 is 1.93 bits per heavy atom. The molecule has 1 aromatic heterocycles. The number of hydrogen-bond acceptors (Lipinski definition) is 5. The zero-order valence-electron chi connectivity index (χ0n) is 17.3. The van der Waals surface area contributed by atoms with E-state index in [4.69, 9.17) is 0 Å². The molecule has 0 radical (unpaired) electrons. The Hall–Kier alpha value is -1.50. The molecule has 0 unspecified atom stereocenters. The highest BCUT2D eigenvalue weighted by molar-refractivity contribution is 5.85. The summed E-state index contributed by atoms with van der Waals surface area (Å²) in [6.07, 6.45) is 6.76. The Labute approximate surface area is 168 Å². The van der Waals surface area contributed by atoms with Crippen LogP contribution in [0.1, 0.15) is 36.9 Å². The summed E-state index contributed by atoms with van der Waals surface area (Å²) in [6, 6.07) is 4.37. The van der Waals surface area contributed by atoms with Gasteiger partial charge in [-0.25, -0.2) is 0 Å². The van der Waals surface area contributed by atoms with E-state index in [1.54, 1.807) is 0 Å². The molecular weight excluding hydrogens is 350 g/mol. The molecule has 4 fully saturated rings. The van der Waals surface area contributed by atoms with Gasteiger partial charge in [-0.3, -0.25) is 19.6 Å². The first-order valence-corrected chi connectivity index (χ1v) is 11.0. The second kappa shape index (κ2) is 7.08. The standard InChI is InChI=1S/C22H33N5O/c1-17-3-4-19(13-23-17)14-25-9-7-22(8-10-25)26-12-11-24(2)16-20(26)21(28)27(22)15-18-5-6-18/h3-4,13,18,20H,5-12,14-16H2,1-2H3/t20-/m1/s1. The van der Waals surface area contributed by atoms with E-state index in [9.17, 15) is 4.79 Å². The van der Waals surface area contributed by atoms with E-state index in [0.29, 0.717) is 5.91 Å². The lowest BCUT2D eigenvalue weighted by atomic mass is 9.93. The molecule has 4 aliphatic rings. The number of amides is 1. The zero-order chi connectivity index (χ0) is 19.3. The lowest BCUT2D eigenvalue weighted by Crippen LogP contribution is -2.63. The van der Waals surface area contributed by atoms with Crippen molar-refractivity contribution in [1.82, 2.24) is 24.6 Å². The molecule has 1 amide bonds. The van der Waals surface area contributed by atoms with Gasteiger partial charge in [0.1, 0.15) is 6.04 Å². The van der Waals surface area contributed by atoms with E-state index < -0.39 is 0 Å². The van der Waals surface area contributed by atoms with Crippen LogP contribution in [0, 0.1) is 12.8 Å². The Morgan fingerprint density at radius 3 is 2.61 bits per heavy atom. The van der Waals surface area contributed by atoms with Crippen molar-refractivity contribution in [2.75, 3.05) is 46.3 Å². The molecule has 1 saturated carbocycles. The first-order chi connectivity index (χ1) is 13.5. The van der Waals surface area contributed by atoms with Gasteiger partial charge < -0.3 is 9.80 Å². The molecule has 0 N–H and O–H groups in total. The largest absolute Gasteiger partial charge is 0.322 e. The first kappa shape index (κ1) is 18.5. The normalized spacial score (nSPS) is 28.9. The minimum atomic E-state index is -0.0341. The van der Waals surface area contributed by atoms with E-state index in [2.05, 4.69) is 43.8 Å². The fourth-order valence-corrected chi connectivity index (χ4v) is 5.46. The van der Waals surface area contributed by atoms with E-state index in [1.165, 1.54) is 18.4 Å². The van der Waals surface area contributed by atoms with Crippen molar-refractivity contribution in [2.24, 2.45) is 5.92 Å². The molecule has 0 aromatic carbocycles. The summed E-state index contributed by atoms with van der Waals surface area (Å²) in [5.41, 5.74) is 2.33. The number of fused-ring (bicyclic) bond motifs is 2. The molecule has 1 aliphatic carbocycles. The maximum Gasteiger partial charge on any atom is 0.242 e. The van der Waals surface area contributed by atoms with Crippen LogP contribution in [-0.4, -0.2) is 88.5 Å². The van der Waals surface area contributed by atoms with Crippen LogP contribution < -0.4 is 0 Å². The molecule has 1 spiro atoms. The number of hydrogen-bond donors (Lipinski definition) is 0. The van der Waals surface area contributed by atoms with Gasteiger partial charge in [-0.05, 0) is 57.2 Å². The number of carbonyl (C=O) groups excluding carboxylic acids is 1. The Kier molecular flexibility index (Phi) is 4.68. The van der Waals surface area contributed by atoms with Crippen LogP contribution in [0.15, 0.2) is 18.3 Å². The van der Waals surface area contributed by atoms with Gasteiger partial charge in [0, 0.05) is 57.7 Å². The maximum atomic E-state index is 13.4. The second-order valence-corrected chi connectivity index (χ2v) is 9.43.